The van der Waals surface area contributed by atoms with Crippen LogP contribution in [0, 0.1) is 5.41 Å². The molecule has 1 aromatic rings. The van der Waals surface area contributed by atoms with Crippen LogP contribution in [0.25, 0.3) is 6.08 Å². The number of hydrogen-bond acceptors (Lipinski definition) is 9. The van der Waals surface area contributed by atoms with E-state index in [2.05, 4.69) is 9.39 Å². The Balaban J connectivity index is 1.94. The number of rotatable bonds is 4. The molecule has 0 unspecified atom stereocenters. The Kier molecular flexibility index (Phi) is 5.16. The van der Waals surface area contributed by atoms with Crippen molar-refractivity contribution in [2.75, 3.05) is 12.0 Å². The third-order valence-corrected chi connectivity index (χ3v) is 6.49. The molecule has 0 saturated carbocycles. The van der Waals surface area contributed by atoms with Gasteiger partial charge in [0.25, 0.3) is 5.91 Å². The van der Waals surface area contributed by atoms with E-state index in [4.69, 9.17) is 9.59 Å². The maximum absolute atomic E-state index is 12.3. The Bertz CT molecular complexity index is 1160. The van der Waals surface area contributed by atoms with Crippen LogP contribution in [0.3, 0.4) is 0 Å². The lowest BCUT2D eigenvalue weighted by Gasteiger charge is -2.24. The first kappa shape index (κ1) is 20.2. The van der Waals surface area contributed by atoms with Crippen LogP contribution in [0.15, 0.2) is 39.2 Å². The summed E-state index contributed by atoms with van der Waals surface area (Å²) in [6, 6.07) is 5.76. The van der Waals surface area contributed by atoms with E-state index in [9.17, 15) is 21.6 Å². The second kappa shape index (κ2) is 7.14. The second-order valence-corrected chi connectivity index (χ2v) is 10.1. The Morgan fingerprint density at radius 1 is 1.21 bits per heavy atom. The molecule has 1 N–H and O–H groups in total. The first-order valence-corrected chi connectivity index (χ1v) is 12.0. The minimum Gasteiger partial charge on any atom is -0.383 e. The fraction of sp³-hybridized carbons (Fsp3) is 0.200. The summed E-state index contributed by atoms with van der Waals surface area (Å²) in [6.07, 6.45) is 2.27. The minimum absolute atomic E-state index is 0.0103. The monoisotopic (exact) mass is 442 g/mol. The third kappa shape index (κ3) is 4.00. The molecule has 1 amide bonds. The number of carbonyl (C=O) groups excluding carboxylic acids is 1. The van der Waals surface area contributed by atoms with Gasteiger partial charge in [-0.05, 0) is 23.8 Å². The van der Waals surface area contributed by atoms with E-state index in [1.165, 1.54) is 37.3 Å². The number of benzene rings is 1. The van der Waals surface area contributed by atoms with Gasteiger partial charge in [0.05, 0.1) is 29.5 Å². The standard InChI is InChI=1S/C15H14N4O6S3/c1-3-28(23,24)15-18-26-14-17-13(20)11(12(16)19(14)15)8-9-4-6-10(7-5-9)25-27(2,21)22/h4-8,16H,3H2,1-2H3/b11-8-,16-12?. The van der Waals surface area contributed by atoms with Gasteiger partial charge in [-0.1, -0.05) is 19.1 Å². The smallest absolute Gasteiger partial charge is 0.306 e. The maximum Gasteiger partial charge on any atom is 0.306 e. The molecule has 0 fully saturated rings. The van der Waals surface area contributed by atoms with E-state index in [1.807, 2.05) is 0 Å². The molecule has 28 heavy (non-hydrogen) atoms. The molecule has 0 aliphatic carbocycles. The summed E-state index contributed by atoms with van der Waals surface area (Å²) >= 11 is 0.722. The predicted octanol–water partition coefficient (Wildman–Crippen LogP) is 1.04. The lowest BCUT2D eigenvalue weighted by atomic mass is 10.1. The summed E-state index contributed by atoms with van der Waals surface area (Å²) in [5.41, 5.74) is 0.346. The molecule has 2 aliphatic heterocycles. The van der Waals surface area contributed by atoms with Gasteiger partial charge < -0.3 is 4.18 Å². The van der Waals surface area contributed by atoms with Crippen molar-refractivity contribution in [3.05, 3.63) is 35.4 Å². The summed E-state index contributed by atoms with van der Waals surface area (Å²) in [4.78, 5) is 17.1. The fourth-order valence-corrected chi connectivity index (χ4v) is 4.71. The highest BCUT2D eigenvalue weighted by molar-refractivity contribution is 8.16. The van der Waals surface area contributed by atoms with Crippen LogP contribution in [-0.4, -0.2) is 55.8 Å². The Morgan fingerprint density at radius 3 is 2.43 bits per heavy atom. The van der Waals surface area contributed by atoms with Crippen LogP contribution >= 0.6 is 11.9 Å². The van der Waals surface area contributed by atoms with Crippen molar-refractivity contribution >= 4 is 60.1 Å². The summed E-state index contributed by atoms with van der Waals surface area (Å²) in [5, 5.41) is 7.97. The number of amidine groups is 3. The normalized spacial score (nSPS) is 18.8. The summed E-state index contributed by atoms with van der Waals surface area (Å²) < 4.78 is 55.3. The van der Waals surface area contributed by atoms with Crippen molar-refractivity contribution in [2.45, 2.75) is 6.92 Å². The molecule has 0 radical (unpaired) electrons. The van der Waals surface area contributed by atoms with Crippen LogP contribution in [0.1, 0.15) is 12.5 Å². The van der Waals surface area contributed by atoms with Crippen LogP contribution in [-0.2, 0) is 24.7 Å². The van der Waals surface area contributed by atoms with Crippen molar-refractivity contribution < 1.29 is 25.8 Å². The molecule has 13 heteroatoms. The largest absolute Gasteiger partial charge is 0.383 e. The highest BCUT2D eigenvalue weighted by atomic mass is 32.2. The van der Waals surface area contributed by atoms with Gasteiger partial charge in [0.2, 0.25) is 20.2 Å². The number of sulfone groups is 1. The van der Waals surface area contributed by atoms with Gasteiger partial charge >= 0.3 is 10.1 Å². The lowest BCUT2D eigenvalue weighted by Crippen LogP contribution is -2.45. The van der Waals surface area contributed by atoms with Crippen molar-refractivity contribution in [3.8, 4) is 5.75 Å². The van der Waals surface area contributed by atoms with Crippen molar-refractivity contribution in [1.29, 1.82) is 5.41 Å². The van der Waals surface area contributed by atoms with Gasteiger partial charge in [-0.2, -0.15) is 17.8 Å². The molecule has 10 nitrogen and oxygen atoms in total. The van der Waals surface area contributed by atoms with Gasteiger partial charge in [-0.25, -0.2) is 13.3 Å². The summed E-state index contributed by atoms with van der Waals surface area (Å²) in [7, 11) is -7.38. The van der Waals surface area contributed by atoms with E-state index in [0.717, 1.165) is 23.1 Å². The van der Waals surface area contributed by atoms with Crippen molar-refractivity contribution in [3.63, 3.8) is 0 Å². The molecule has 2 aliphatic rings. The van der Waals surface area contributed by atoms with Gasteiger partial charge in [0.15, 0.2) is 0 Å². The van der Waals surface area contributed by atoms with Crippen molar-refractivity contribution in [1.82, 2.24) is 4.90 Å². The van der Waals surface area contributed by atoms with E-state index in [-0.39, 0.29) is 33.2 Å². The molecule has 0 aromatic heterocycles. The predicted molar refractivity (Wildman–Crippen MR) is 106 cm³/mol. The number of amides is 1. The van der Waals surface area contributed by atoms with E-state index < -0.39 is 25.9 Å². The number of carbonyl (C=O) groups is 1. The quantitative estimate of drug-likeness (QED) is 0.413. The molecular weight excluding hydrogens is 428 g/mol. The molecule has 148 valence electrons. The Hall–Kier alpha value is -2.51. The number of nitrogens with zero attached hydrogens (tertiary/aromatic N) is 3. The first-order valence-electron chi connectivity index (χ1n) is 7.73. The van der Waals surface area contributed by atoms with Gasteiger partial charge in [-0.3, -0.25) is 10.2 Å². The second-order valence-electron chi connectivity index (χ2n) is 5.67. The Morgan fingerprint density at radius 2 is 1.86 bits per heavy atom. The number of hydrogen-bond donors (Lipinski definition) is 1. The zero-order chi connectivity index (χ0) is 20.7. The van der Waals surface area contributed by atoms with Crippen LogP contribution in [0.5, 0.6) is 5.75 Å². The van der Waals surface area contributed by atoms with Gasteiger partial charge in [0, 0.05) is 0 Å². The number of nitrogens with one attached hydrogen (secondary N) is 1. The van der Waals surface area contributed by atoms with E-state index in [0.29, 0.717) is 5.56 Å². The summed E-state index contributed by atoms with van der Waals surface area (Å²) in [5.74, 6) is -1.18. The lowest BCUT2D eigenvalue weighted by molar-refractivity contribution is -0.114. The van der Waals surface area contributed by atoms with E-state index >= 15 is 0 Å². The average Bonchev–Trinajstić information content (AvgIpc) is 3.03. The Labute approximate surface area is 165 Å². The van der Waals surface area contributed by atoms with Gasteiger partial charge in [-0.15, -0.1) is 0 Å². The number of aliphatic imine (C=N–C) groups is 1. The first-order chi connectivity index (χ1) is 13.0. The van der Waals surface area contributed by atoms with Crippen LogP contribution in [0.4, 0.5) is 0 Å². The molecule has 1 aromatic carbocycles. The van der Waals surface area contributed by atoms with Crippen LogP contribution < -0.4 is 4.18 Å². The molecule has 0 bridgehead atoms. The molecule has 0 saturated heterocycles. The van der Waals surface area contributed by atoms with Crippen LogP contribution in [0.2, 0.25) is 0 Å². The number of fused-ring (bicyclic) bond motifs is 1. The van der Waals surface area contributed by atoms with Crippen molar-refractivity contribution in [2.24, 2.45) is 9.39 Å². The molecule has 0 spiro atoms. The van der Waals surface area contributed by atoms with E-state index in [1.54, 1.807) is 0 Å². The zero-order valence-corrected chi connectivity index (χ0v) is 17.1. The highest BCUT2D eigenvalue weighted by Crippen LogP contribution is 2.30. The highest BCUT2D eigenvalue weighted by Gasteiger charge is 2.41. The minimum atomic E-state index is -3.72. The molecule has 2 heterocycles. The zero-order valence-electron chi connectivity index (χ0n) is 14.6. The molecular formula is C15H14N4O6S3. The maximum atomic E-state index is 12.3. The summed E-state index contributed by atoms with van der Waals surface area (Å²) in [6.45, 7) is 1.45. The third-order valence-electron chi connectivity index (χ3n) is 3.59. The molecule has 3 rings (SSSR count). The topological polar surface area (TPSA) is 146 Å². The van der Waals surface area contributed by atoms with Gasteiger partial charge in [0.1, 0.15) is 11.6 Å². The molecule has 0 atom stereocenters. The fourth-order valence-electron chi connectivity index (χ4n) is 2.29. The average molecular weight is 443 g/mol. The SMILES string of the molecule is CCS(=O)(=O)C1=NSC2=NC(=O)/C(=C\c3ccc(OS(C)(=O)=O)cc3)C(=N)N21.